The molecule has 9 heteroatoms. The van der Waals surface area contributed by atoms with Crippen LogP contribution in [-0.2, 0) is 12.2 Å². The van der Waals surface area contributed by atoms with E-state index >= 15 is 0 Å². The molecule has 3 heterocycles. The summed E-state index contributed by atoms with van der Waals surface area (Å²) < 4.78 is 8.59. The quantitative estimate of drug-likeness (QED) is 0.342. The molecular formula is C20H21BrN6OS. The van der Waals surface area contributed by atoms with Crippen LogP contribution < -0.4 is 0 Å². The molecule has 0 saturated heterocycles. The lowest BCUT2D eigenvalue weighted by Gasteiger charge is -2.09. The minimum Gasteiger partial charge on any atom is -0.420 e. The summed E-state index contributed by atoms with van der Waals surface area (Å²) in [5.41, 5.74) is 4.28. The van der Waals surface area contributed by atoms with E-state index in [1.54, 1.807) is 0 Å². The fourth-order valence-corrected chi connectivity index (χ4v) is 4.20. The SMILES string of the molecule is CCCCc1c(C)nc2nc(SCc3nnc(-c4cccc(Br)c4)o3)nn2c1C. The van der Waals surface area contributed by atoms with Gasteiger partial charge in [-0.25, -0.2) is 9.50 Å². The topological polar surface area (TPSA) is 82.0 Å². The molecule has 0 unspecified atom stereocenters. The van der Waals surface area contributed by atoms with Crippen LogP contribution in [0.2, 0.25) is 0 Å². The van der Waals surface area contributed by atoms with E-state index in [0.29, 0.717) is 28.5 Å². The number of unbranched alkanes of at least 4 members (excludes halogenated alkanes) is 1. The number of aromatic nitrogens is 6. The van der Waals surface area contributed by atoms with Crippen molar-refractivity contribution in [3.05, 3.63) is 51.6 Å². The third-order valence-electron chi connectivity index (χ3n) is 4.67. The highest BCUT2D eigenvalue weighted by Gasteiger charge is 2.15. The number of fused-ring (bicyclic) bond motifs is 1. The van der Waals surface area contributed by atoms with Crippen LogP contribution in [-0.4, -0.2) is 29.8 Å². The lowest BCUT2D eigenvalue weighted by Crippen LogP contribution is -2.05. The standard InChI is InChI=1S/C20H21BrN6OS/c1-4-5-9-16-12(2)22-19-23-20(26-27(19)13(16)3)29-11-17-24-25-18(28-17)14-7-6-8-15(21)10-14/h6-8,10H,4-5,9,11H2,1-3H3. The maximum atomic E-state index is 5.78. The zero-order chi connectivity index (χ0) is 20.4. The monoisotopic (exact) mass is 472 g/mol. The Hall–Kier alpha value is -2.26. The van der Waals surface area contributed by atoms with Crippen LogP contribution in [0.4, 0.5) is 0 Å². The summed E-state index contributed by atoms with van der Waals surface area (Å²) in [5.74, 6) is 2.16. The maximum absolute atomic E-state index is 5.78. The average Bonchev–Trinajstić information content (AvgIpc) is 3.33. The minimum absolute atomic E-state index is 0.499. The van der Waals surface area contributed by atoms with Gasteiger partial charge in [0.15, 0.2) is 0 Å². The van der Waals surface area contributed by atoms with Gasteiger partial charge in [0, 0.05) is 21.4 Å². The first kappa shape index (κ1) is 20.0. The number of halogens is 1. The van der Waals surface area contributed by atoms with E-state index in [-0.39, 0.29) is 0 Å². The molecule has 0 saturated carbocycles. The van der Waals surface area contributed by atoms with Gasteiger partial charge < -0.3 is 4.42 Å². The van der Waals surface area contributed by atoms with Gasteiger partial charge in [0.05, 0.1) is 5.75 Å². The van der Waals surface area contributed by atoms with Crippen molar-refractivity contribution in [2.45, 2.75) is 50.9 Å². The molecule has 0 bridgehead atoms. The second-order valence-electron chi connectivity index (χ2n) is 6.77. The highest BCUT2D eigenvalue weighted by Crippen LogP contribution is 2.25. The molecule has 0 amide bonds. The normalized spacial score (nSPS) is 11.4. The summed E-state index contributed by atoms with van der Waals surface area (Å²) in [4.78, 5) is 9.19. The molecule has 1 aromatic carbocycles. The molecule has 0 radical (unpaired) electrons. The Kier molecular flexibility index (Phi) is 5.96. The number of hydrogen-bond acceptors (Lipinski definition) is 7. The van der Waals surface area contributed by atoms with E-state index in [2.05, 4.69) is 55.0 Å². The zero-order valence-corrected chi connectivity index (χ0v) is 18.9. The smallest absolute Gasteiger partial charge is 0.253 e. The van der Waals surface area contributed by atoms with Gasteiger partial charge in [0.25, 0.3) is 5.78 Å². The summed E-state index contributed by atoms with van der Waals surface area (Å²) in [7, 11) is 0. The Labute approximate surface area is 181 Å². The Bertz CT molecular complexity index is 1160. The number of thioether (sulfide) groups is 1. The second kappa shape index (κ2) is 8.62. The van der Waals surface area contributed by atoms with Crippen LogP contribution in [0, 0.1) is 13.8 Å². The molecule has 4 aromatic rings. The van der Waals surface area contributed by atoms with Gasteiger partial charge in [-0.2, -0.15) is 4.98 Å². The molecule has 0 aliphatic carbocycles. The Morgan fingerprint density at radius 3 is 2.83 bits per heavy atom. The summed E-state index contributed by atoms with van der Waals surface area (Å²) >= 11 is 4.92. The Balaban J connectivity index is 1.51. The molecule has 0 aliphatic heterocycles. The number of hydrogen-bond donors (Lipinski definition) is 0. The lowest BCUT2D eigenvalue weighted by molar-refractivity contribution is 0.528. The van der Waals surface area contributed by atoms with Crippen LogP contribution >= 0.6 is 27.7 Å². The van der Waals surface area contributed by atoms with Crippen molar-refractivity contribution >= 4 is 33.5 Å². The molecule has 150 valence electrons. The predicted molar refractivity (Wildman–Crippen MR) is 116 cm³/mol. The molecule has 0 spiro atoms. The van der Waals surface area contributed by atoms with E-state index in [9.17, 15) is 0 Å². The van der Waals surface area contributed by atoms with Gasteiger partial charge in [0.2, 0.25) is 16.9 Å². The lowest BCUT2D eigenvalue weighted by atomic mass is 10.1. The fourth-order valence-electron chi connectivity index (χ4n) is 3.14. The number of benzene rings is 1. The zero-order valence-electron chi connectivity index (χ0n) is 16.5. The predicted octanol–water partition coefficient (Wildman–Crippen LogP) is 5.19. The number of nitrogens with zero attached hydrogens (tertiary/aromatic N) is 6. The van der Waals surface area contributed by atoms with Crippen molar-refractivity contribution in [1.82, 2.24) is 29.8 Å². The molecule has 4 rings (SSSR count). The van der Waals surface area contributed by atoms with E-state index in [0.717, 1.165) is 40.7 Å². The average molecular weight is 473 g/mol. The van der Waals surface area contributed by atoms with Crippen molar-refractivity contribution < 1.29 is 4.42 Å². The first-order valence-electron chi connectivity index (χ1n) is 9.49. The van der Waals surface area contributed by atoms with Gasteiger partial charge in [0.1, 0.15) is 0 Å². The molecule has 3 aromatic heterocycles. The van der Waals surface area contributed by atoms with Gasteiger partial charge in [-0.05, 0) is 50.5 Å². The highest BCUT2D eigenvalue weighted by atomic mass is 79.9. The first-order chi connectivity index (χ1) is 14.0. The summed E-state index contributed by atoms with van der Waals surface area (Å²) in [6.45, 7) is 6.32. The first-order valence-corrected chi connectivity index (χ1v) is 11.3. The fraction of sp³-hybridized carbons (Fsp3) is 0.350. The summed E-state index contributed by atoms with van der Waals surface area (Å²) in [6, 6.07) is 7.77. The molecule has 0 fully saturated rings. The second-order valence-corrected chi connectivity index (χ2v) is 8.63. The van der Waals surface area contributed by atoms with Gasteiger partial charge in [-0.3, -0.25) is 0 Å². The van der Waals surface area contributed by atoms with Crippen LogP contribution in [0.5, 0.6) is 0 Å². The third-order valence-corrected chi connectivity index (χ3v) is 5.99. The number of rotatable bonds is 7. The molecule has 0 atom stereocenters. The van der Waals surface area contributed by atoms with Gasteiger partial charge in [-0.15, -0.1) is 15.3 Å². The van der Waals surface area contributed by atoms with Crippen LogP contribution in [0.15, 0.2) is 38.3 Å². The van der Waals surface area contributed by atoms with E-state index in [1.807, 2.05) is 35.7 Å². The van der Waals surface area contributed by atoms with Crippen LogP contribution in [0.25, 0.3) is 17.2 Å². The van der Waals surface area contributed by atoms with Crippen molar-refractivity contribution in [2.24, 2.45) is 0 Å². The maximum Gasteiger partial charge on any atom is 0.253 e. The Morgan fingerprint density at radius 1 is 1.17 bits per heavy atom. The van der Waals surface area contributed by atoms with Gasteiger partial charge in [-0.1, -0.05) is 47.1 Å². The number of aryl methyl sites for hydroxylation is 2. The van der Waals surface area contributed by atoms with Gasteiger partial charge >= 0.3 is 0 Å². The molecular weight excluding hydrogens is 452 g/mol. The molecule has 0 aliphatic rings. The Morgan fingerprint density at radius 2 is 2.03 bits per heavy atom. The molecule has 7 nitrogen and oxygen atoms in total. The minimum atomic E-state index is 0.499. The van der Waals surface area contributed by atoms with Crippen LogP contribution in [0.3, 0.4) is 0 Å². The van der Waals surface area contributed by atoms with E-state index in [1.165, 1.54) is 17.3 Å². The highest BCUT2D eigenvalue weighted by molar-refractivity contribution is 9.10. The van der Waals surface area contributed by atoms with E-state index in [4.69, 9.17) is 4.42 Å². The summed E-state index contributed by atoms with van der Waals surface area (Å²) in [5, 5.41) is 13.6. The van der Waals surface area contributed by atoms with Crippen molar-refractivity contribution in [3.8, 4) is 11.5 Å². The third kappa shape index (κ3) is 4.35. The largest absolute Gasteiger partial charge is 0.420 e. The molecule has 0 N–H and O–H groups in total. The van der Waals surface area contributed by atoms with Crippen molar-refractivity contribution in [3.63, 3.8) is 0 Å². The van der Waals surface area contributed by atoms with E-state index < -0.39 is 0 Å². The van der Waals surface area contributed by atoms with Crippen molar-refractivity contribution in [1.29, 1.82) is 0 Å². The summed E-state index contributed by atoms with van der Waals surface area (Å²) in [6.07, 6.45) is 3.31. The van der Waals surface area contributed by atoms with Crippen LogP contribution in [0.1, 0.15) is 42.6 Å². The van der Waals surface area contributed by atoms with Crippen molar-refractivity contribution in [2.75, 3.05) is 0 Å². The molecule has 29 heavy (non-hydrogen) atoms.